The largest absolute Gasteiger partial charge is 0.348 e. The van der Waals surface area contributed by atoms with Crippen molar-refractivity contribution in [2.24, 2.45) is 0 Å². The zero-order valence-corrected chi connectivity index (χ0v) is 12.6. The second kappa shape index (κ2) is 5.33. The number of anilines is 1. The topological polar surface area (TPSA) is 16.1 Å². The first-order chi connectivity index (χ1) is 9.24. The van der Waals surface area contributed by atoms with Gasteiger partial charge in [0.1, 0.15) is 5.82 Å². The van der Waals surface area contributed by atoms with Crippen LogP contribution >= 0.6 is 15.9 Å². The Balaban J connectivity index is 1.89. The van der Waals surface area contributed by atoms with E-state index in [1.54, 1.807) is 0 Å². The lowest BCUT2D eigenvalue weighted by atomic mass is 10.2. The number of hydrogen-bond acceptors (Lipinski definition) is 2. The molecule has 0 saturated heterocycles. The zero-order valence-electron chi connectivity index (χ0n) is 11.0. The van der Waals surface area contributed by atoms with Crippen molar-refractivity contribution >= 4 is 21.7 Å². The predicted molar refractivity (Wildman–Crippen MR) is 82.3 cm³/mol. The van der Waals surface area contributed by atoms with Crippen LogP contribution in [0.2, 0.25) is 0 Å². The number of halogens is 1. The van der Waals surface area contributed by atoms with Crippen molar-refractivity contribution in [1.82, 2.24) is 4.98 Å². The first kappa shape index (κ1) is 12.7. The lowest BCUT2D eigenvalue weighted by Gasteiger charge is -2.25. The predicted octanol–water partition coefficient (Wildman–Crippen LogP) is 4.32. The quantitative estimate of drug-likeness (QED) is 0.835. The van der Waals surface area contributed by atoms with Gasteiger partial charge in [-0.25, -0.2) is 4.98 Å². The second-order valence-electron chi connectivity index (χ2n) is 5.16. The van der Waals surface area contributed by atoms with E-state index in [-0.39, 0.29) is 0 Å². The molecule has 3 heteroatoms. The summed E-state index contributed by atoms with van der Waals surface area (Å²) in [5.74, 6) is 1.07. The van der Waals surface area contributed by atoms with Gasteiger partial charge in [0.2, 0.25) is 0 Å². The van der Waals surface area contributed by atoms with E-state index >= 15 is 0 Å². The standard InChI is InChI=1S/C16H17BrN2/c1-12-9-15(17)16(18-10-12)19(14-7-8-14)11-13-5-3-2-4-6-13/h2-6,9-10,14H,7-8,11H2,1H3. The highest BCUT2D eigenvalue weighted by molar-refractivity contribution is 9.10. The molecule has 2 aromatic rings. The Morgan fingerprint density at radius 1 is 1.26 bits per heavy atom. The molecule has 0 aliphatic heterocycles. The van der Waals surface area contributed by atoms with Crippen LogP contribution in [0.15, 0.2) is 47.1 Å². The van der Waals surface area contributed by atoms with E-state index in [1.165, 1.54) is 24.0 Å². The molecule has 0 N–H and O–H groups in total. The summed E-state index contributed by atoms with van der Waals surface area (Å²) in [4.78, 5) is 7.03. The number of pyridine rings is 1. The molecule has 98 valence electrons. The van der Waals surface area contributed by atoms with Gasteiger partial charge in [-0.3, -0.25) is 0 Å². The molecule has 1 aliphatic rings. The highest BCUT2D eigenvalue weighted by Gasteiger charge is 2.31. The van der Waals surface area contributed by atoms with Crippen molar-refractivity contribution in [3.05, 3.63) is 58.2 Å². The van der Waals surface area contributed by atoms with Crippen LogP contribution in [0, 0.1) is 6.92 Å². The molecule has 0 unspecified atom stereocenters. The fourth-order valence-corrected chi connectivity index (χ4v) is 2.97. The minimum atomic E-state index is 0.645. The number of hydrogen-bond donors (Lipinski definition) is 0. The van der Waals surface area contributed by atoms with Crippen molar-refractivity contribution in [1.29, 1.82) is 0 Å². The molecule has 1 aliphatic carbocycles. The first-order valence-corrected chi connectivity index (χ1v) is 7.46. The summed E-state index contributed by atoms with van der Waals surface area (Å²) in [5, 5.41) is 0. The van der Waals surface area contributed by atoms with Crippen molar-refractivity contribution in [2.75, 3.05) is 4.90 Å². The number of benzene rings is 1. The first-order valence-electron chi connectivity index (χ1n) is 6.67. The molecule has 1 aromatic carbocycles. The van der Waals surface area contributed by atoms with E-state index in [4.69, 9.17) is 0 Å². The summed E-state index contributed by atoms with van der Waals surface area (Å²) in [5.41, 5.74) is 2.52. The highest BCUT2D eigenvalue weighted by Crippen LogP contribution is 2.35. The van der Waals surface area contributed by atoms with Crippen LogP contribution in [0.5, 0.6) is 0 Å². The van der Waals surface area contributed by atoms with E-state index in [9.17, 15) is 0 Å². The van der Waals surface area contributed by atoms with Gasteiger partial charge >= 0.3 is 0 Å². The Kier molecular flexibility index (Phi) is 3.56. The van der Waals surface area contributed by atoms with Gasteiger partial charge in [-0.1, -0.05) is 30.3 Å². The van der Waals surface area contributed by atoms with Crippen LogP contribution < -0.4 is 4.90 Å². The Hall–Kier alpha value is -1.35. The molecule has 0 spiro atoms. The van der Waals surface area contributed by atoms with Gasteiger partial charge in [-0.2, -0.15) is 0 Å². The van der Waals surface area contributed by atoms with Crippen LogP contribution in [0.4, 0.5) is 5.82 Å². The molecular formula is C16H17BrN2. The summed E-state index contributed by atoms with van der Waals surface area (Å²) in [7, 11) is 0. The molecule has 0 bridgehead atoms. The number of aryl methyl sites for hydroxylation is 1. The molecule has 2 nitrogen and oxygen atoms in total. The van der Waals surface area contributed by atoms with Gasteiger partial charge in [0.05, 0.1) is 4.47 Å². The van der Waals surface area contributed by atoms with Crippen LogP contribution in [0.25, 0.3) is 0 Å². The van der Waals surface area contributed by atoms with E-state index < -0.39 is 0 Å². The van der Waals surface area contributed by atoms with Crippen molar-refractivity contribution in [2.45, 2.75) is 32.4 Å². The number of rotatable bonds is 4. The molecule has 1 aromatic heterocycles. The maximum Gasteiger partial charge on any atom is 0.143 e. The van der Waals surface area contributed by atoms with Crippen LogP contribution in [-0.4, -0.2) is 11.0 Å². The lowest BCUT2D eigenvalue weighted by Crippen LogP contribution is -2.26. The lowest BCUT2D eigenvalue weighted by molar-refractivity contribution is 0.775. The summed E-state index contributed by atoms with van der Waals surface area (Å²) in [6, 6.07) is 13.4. The monoisotopic (exact) mass is 316 g/mol. The summed E-state index contributed by atoms with van der Waals surface area (Å²) >= 11 is 3.65. The summed E-state index contributed by atoms with van der Waals surface area (Å²) in [6.45, 7) is 3.00. The van der Waals surface area contributed by atoms with Gasteiger partial charge in [-0.15, -0.1) is 0 Å². The van der Waals surface area contributed by atoms with Crippen molar-refractivity contribution < 1.29 is 0 Å². The maximum atomic E-state index is 4.61. The molecule has 1 saturated carbocycles. The number of nitrogens with zero attached hydrogens (tertiary/aromatic N) is 2. The molecule has 1 fully saturated rings. The van der Waals surface area contributed by atoms with E-state index in [0.29, 0.717) is 6.04 Å². The molecular weight excluding hydrogens is 300 g/mol. The fraction of sp³-hybridized carbons (Fsp3) is 0.312. The zero-order chi connectivity index (χ0) is 13.2. The van der Waals surface area contributed by atoms with Gasteiger partial charge in [0, 0.05) is 18.8 Å². The summed E-state index contributed by atoms with van der Waals surface area (Å²) in [6.07, 6.45) is 4.49. The van der Waals surface area contributed by atoms with Gasteiger partial charge < -0.3 is 4.90 Å². The number of aromatic nitrogens is 1. The smallest absolute Gasteiger partial charge is 0.143 e. The van der Waals surface area contributed by atoms with E-state index in [1.807, 2.05) is 6.20 Å². The van der Waals surface area contributed by atoms with Crippen LogP contribution in [0.3, 0.4) is 0 Å². The third-order valence-electron chi connectivity index (χ3n) is 3.41. The Morgan fingerprint density at radius 3 is 2.63 bits per heavy atom. The van der Waals surface area contributed by atoms with Crippen LogP contribution in [-0.2, 0) is 6.54 Å². The third kappa shape index (κ3) is 2.98. The Bertz CT molecular complexity index is 564. The molecule has 3 rings (SSSR count). The molecule has 1 heterocycles. The van der Waals surface area contributed by atoms with Gasteiger partial charge in [-0.05, 0) is 52.9 Å². The van der Waals surface area contributed by atoms with Crippen molar-refractivity contribution in [3.63, 3.8) is 0 Å². The fourth-order valence-electron chi connectivity index (χ4n) is 2.28. The third-order valence-corrected chi connectivity index (χ3v) is 4.00. The molecule has 0 amide bonds. The molecule has 0 atom stereocenters. The van der Waals surface area contributed by atoms with Crippen molar-refractivity contribution in [3.8, 4) is 0 Å². The maximum absolute atomic E-state index is 4.61. The average molecular weight is 317 g/mol. The highest BCUT2D eigenvalue weighted by atomic mass is 79.9. The van der Waals surface area contributed by atoms with E-state index in [0.717, 1.165) is 16.8 Å². The second-order valence-corrected chi connectivity index (χ2v) is 6.02. The Labute approximate surface area is 122 Å². The minimum Gasteiger partial charge on any atom is -0.348 e. The Morgan fingerprint density at radius 2 is 2.00 bits per heavy atom. The van der Waals surface area contributed by atoms with Gasteiger partial charge in [0.25, 0.3) is 0 Å². The summed E-state index contributed by atoms with van der Waals surface area (Å²) < 4.78 is 1.09. The SMILES string of the molecule is Cc1cnc(N(Cc2ccccc2)C2CC2)c(Br)c1. The average Bonchev–Trinajstić information content (AvgIpc) is 3.22. The van der Waals surface area contributed by atoms with E-state index in [2.05, 4.69) is 69.1 Å². The van der Waals surface area contributed by atoms with Gasteiger partial charge in [0.15, 0.2) is 0 Å². The molecule has 19 heavy (non-hydrogen) atoms. The van der Waals surface area contributed by atoms with Crippen LogP contribution in [0.1, 0.15) is 24.0 Å². The normalized spacial score (nSPS) is 14.4. The molecule has 0 radical (unpaired) electrons. The minimum absolute atomic E-state index is 0.645.